The van der Waals surface area contributed by atoms with E-state index >= 15 is 0 Å². The smallest absolute Gasteiger partial charge is 0.227 e. The molecular weight excluding hydrogens is 376 g/mol. The molecule has 0 aliphatic carbocycles. The Labute approximate surface area is 167 Å². The Morgan fingerprint density at radius 3 is 2.50 bits per heavy atom. The van der Waals surface area contributed by atoms with Gasteiger partial charge in [-0.1, -0.05) is 54.2 Å². The van der Waals surface area contributed by atoms with Crippen LogP contribution in [-0.4, -0.2) is 33.5 Å². The van der Waals surface area contributed by atoms with Gasteiger partial charge in [0.15, 0.2) is 22.5 Å². The molecule has 0 saturated carbocycles. The van der Waals surface area contributed by atoms with Crippen LogP contribution in [0.1, 0.15) is 11.4 Å². The van der Waals surface area contributed by atoms with Gasteiger partial charge in [0.05, 0.1) is 12.9 Å². The number of para-hydroxylation sites is 2. The zero-order chi connectivity index (χ0) is 19.8. The van der Waals surface area contributed by atoms with E-state index in [0.717, 1.165) is 6.42 Å². The van der Waals surface area contributed by atoms with Crippen molar-refractivity contribution < 1.29 is 14.3 Å². The summed E-state index contributed by atoms with van der Waals surface area (Å²) in [6, 6.07) is 17.6. The third-order valence-corrected chi connectivity index (χ3v) is 5.02. The summed E-state index contributed by atoms with van der Waals surface area (Å²) in [5, 5.41) is 9.11. The van der Waals surface area contributed by atoms with Crippen molar-refractivity contribution in [2.24, 2.45) is 5.73 Å². The molecule has 146 valence electrons. The summed E-state index contributed by atoms with van der Waals surface area (Å²) < 4.78 is 13.2. The molecule has 0 radical (unpaired) electrons. The topological polar surface area (TPSA) is 92.3 Å². The molecule has 2 aromatic carbocycles. The lowest BCUT2D eigenvalue weighted by atomic mass is 10.1. The number of aromatic nitrogens is 3. The Morgan fingerprint density at radius 2 is 1.79 bits per heavy atom. The van der Waals surface area contributed by atoms with Gasteiger partial charge >= 0.3 is 0 Å². The first-order chi connectivity index (χ1) is 13.7. The lowest BCUT2D eigenvalue weighted by molar-refractivity contribution is -0.115. The van der Waals surface area contributed by atoms with Gasteiger partial charge in [0.2, 0.25) is 5.91 Å². The Balaban J connectivity index is 1.76. The van der Waals surface area contributed by atoms with E-state index in [1.165, 1.54) is 17.3 Å². The molecule has 0 saturated heterocycles. The van der Waals surface area contributed by atoms with Gasteiger partial charge in [-0.3, -0.25) is 4.79 Å². The van der Waals surface area contributed by atoms with Crippen molar-refractivity contribution in [2.45, 2.75) is 24.7 Å². The number of nitrogens with two attached hydrogens (primary N) is 1. The van der Waals surface area contributed by atoms with E-state index in [1.54, 1.807) is 7.11 Å². The quantitative estimate of drug-likeness (QED) is 0.528. The van der Waals surface area contributed by atoms with Gasteiger partial charge in [-0.25, -0.2) is 0 Å². The van der Waals surface area contributed by atoms with Crippen LogP contribution in [0.5, 0.6) is 11.5 Å². The van der Waals surface area contributed by atoms with Crippen molar-refractivity contribution in [1.82, 2.24) is 14.8 Å². The number of carbonyl (C=O) groups excluding carboxylic acids is 1. The average Bonchev–Trinajstić information content (AvgIpc) is 3.11. The number of carbonyl (C=O) groups is 1. The number of methoxy groups -OCH3 is 1. The number of nitrogens with zero attached hydrogens (tertiary/aromatic N) is 3. The lowest BCUT2D eigenvalue weighted by Crippen LogP contribution is -2.15. The first-order valence-corrected chi connectivity index (χ1v) is 9.79. The van der Waals surface area contributed by atoms with E-state index in [1.807, 2.05) is 47.0 Å². The van der Waals surface area contributed by atoms with Gasteiger partial charge in [-0.2, -0.15) is 0 Å². The predicted molar refractivity (Wildman–Crippen MR) is 107 cm³/mol. The molecule has 1 heterocycles. The van der Waals surface area contributed by atoms with Gasteiger partial charge in [0.25, 0.3) is 0 Å². The number of amides is 1. The molecule has 0 unspecified atom stereocenters. The Morgan fingerprint density at radius 1 is 1.07 bits per heavy atom. The molecule has 8 heteroatoms. The molecule has 0 bridgehead atoms. The minimum absolute atomic E-state index is 0.150. The second-order valence-corrected chi connectivity index (χ2v) is 6.92. The van der Waals surface area contributed by atoms with E-state index < -0.39 is 5.91 Å². The number of hydrogen-bond donors (Lipinski definition) is 1. The highest BCUT2D eigenvalue weighted by molar-refractivity contribution is 7.99. The maximum absolute atomic E-state index is 11.2. The fourth-order valence-corrected chi connectivity index (χ4v) is 3.38. The van der Waals surface area contributed by atoms with Crippen LogP contribution in [0, 0.1) is 0 Å². The zero-order valence-corrected chi connectivity index (χ0v) is 16.4. The van der Waals surface area contributed by atoms with Crippen molar-refractivity contribution in [3.63, 3.8) is 0 Å². The molecule has 7 nitrogen and oxygen atoms in total. The summed E-state index contributed by atoms with van der Waals surface area (Å²) in [5.74, 6) is 1.72. The average molecular weight is 398 g/mol. The largest absolute Gasteiger partial charge is 0.493 e. The van der Waals surface area contributed by atoms with Gasteiger partial charge in [-0.05, 0) is 24.1 Å². The van der Waals surface area contributed by atoms with E-state index in [9.17, 15) is 4.79 Å². The summed E-state index contributed by atoms with van der Waals surface area (Å²) in [6.07, 6.45) is 0.810. The second-order valence-electron chi connectivity index (χ2n) is 5.98. The Hall–Kier alpha value is -3.00. The van der Waals surface area contributed by atoms with Crippen LogP contribution in [0.2, 0.25) is 0 Å². The molecule has 0 spiro atoms. The third-order valence-electron chi connectivity index (χ3n) is 4.03. The molecule has 0 fully saturated rings. The number of ether oxygens (including phenoxy) is 2. The van der Waals surface area contributed by atoms with Crippen molar-refractivity contribution in [3.8, 4) is 11.5 Å². The van der Waals surface area contributed by atoms with Gasteiger partial charge in [0, 0.05) is 6.54 Å². The number of rotatable bonds is 10. The summed E-state index contributed by atoms with van der Waals surface area (Å²) in [5.41, 5.74) is 6.48. The molecular formula is C20H22N4O3S. The highest BCUT2D eigenvalue weighted by atomic mass is 32.2. The zero-order valence-electron chi connectivity index (χ0n) is 15.6. The Kier molecular flexibility index (Phi) is 6.91. The van der Waals surface area contributed by atoms with Crippen LogP contribution in [0.15, 0.2) is 59.8 Å². The SMILES string of the molecule is COc1ccccc1OCc1nnc(SCC(N)=O)n1CCc1ccccc1. The number of thioether (sulfide) groups is 1. The number of benzene rings is 2. The fraction of sp³-hybridized carbons (Fsp3) is 0.250. The maximum Gasteiger partial charge on any atom is 0.227 e. The van der Waals surface area contributed by atoms with Crippen LogP contribution in [0.4, 0.5) is 0 Å². The number of aryl methyl sites for hydroxylation is 1. The van der Waals surface area contributed by atoms with Crippen LogP contribution in [-0.2, 0) is 24.4 Å². The highest BCUT2D eigenvalue weighted by Crippen LogP contribution is 2.27. The van der Waals surface area contributed by atoms with Crippen LogP contribution < -0.4 is 15.2 Å². The molecule has 0 atom stereocenters. The predicted octanol–water partition coefficient (Wildman–Crippen LogP) is 2.69. The fourth-order valence-electron chi connectivity index (χ4n) is 2.66. The van der Waals surface area contributed by atoms with Crippen LogP contribution in [0.25, 0.3) is 0 Å². The van der Waals surface area contributed by atoms with E-state index in [4.69, 9.17) is 15.2 Å². The van der Waals surface area contributed by atoms with Crippen LogP contribution in [0.3, 0.4) is 0 Å². The first-order valence-electron chi connectivity index (χ1n) is 8.80. The first kappa shape index (κ1) is 19.8. The standard InChI is InChI=1S/C20H22N4O3S/c1-26-16-9-5-6-10-17(16)27-13-19-22-23-20(28-14-18(21)25)24(19)12-11-15-7-3-2-4-8-15/h2-10H,11-14H2,1H3,(H2,21,25). The number of primary amides is 1. The van der Waals surface area contributed by atoms with E-state index in [2.05, 4.69) is 22.3 Å². The minimum atomic E-state index is -0.394. The molecule has 28 heavy (non-hydrogen) atoms. The van der Waals surface area contributed by atoms with Crippen molar-refractivity contribution in [2.75, 3.05) is 12.9 Å². The van der Waals surface area contributed by atoms with Crippen molar-refractivity contribution in [3.05, 3.63) is 66.0 Å². The lowest BCUT2D eigenvalue weighted by Gasteiger charge is -2.12. The second kappa shape index (κ2) is 9.80. The summed E-state index contributed by atoms with van der Waals surface area (Å²) in [4.78, 5) is 11.2. The summed E-state index contributed by atoms with van der Waals surface area (Å²) >= 11 is 1.28. The molecule has 1 aromatic heterocycles. The number of hydrogen-bond acceptors (Lipinski definition) is 6. The summed E-state index contributed by atoms with van der Waals surface area (Å²) in [6.45, 7) is 0.905. The van der Waals surface area contributed by atoms with E-state index in [0.29, 0.717) is 29.0 Å². The molecule has 0 aliphatic rings. The molecule has 0 aliphatic heterocycles. The van der Waals surface area contributed by atoms with Gasteiger partial charge < -0.3 is 19.8 Å². The normalized spacial score (nSPS) is 10.6. The Bertz CT molecular complexity index is 915. The van der Waals surface area contributed by atoms with Gasteiger partial charge in [0.1, 0.15) is 6.61 Å². The summed E-state index contributed by atoms with van der Waals surface area (Å²) in [7, 11) is 1.60. The molecule has 2 N–H and O–H groups in total. The van der Waals surface area contributed by atoms with Crippen LogP contribution >= 0.6 is 11.8 Å². The monoisotopic (exact) mass is 398 g/mol. The van der Waals surface area contributed by atoms with E-state index in [-0.39, 0.29) is 12.4 Å². The molecule has 1 amide bonds. The van der Waals surface area contributed by atoms with Gasteiger partial charge in [-0.15, -0.1) is 10.2 Å². The maximum atomic E-state index is 11.2. The molecule has 3 rings (SSSR count). The third kappa shape index (κ3) is 5.26. The minimum Gasteiger partial charge on any atom is -0.493 e. The van der Waals surface area contributed by atoms with Crippen molar-refractivity contribution in [1.29, 1.82) is 0 Å². The highest BCUT2D eigenvalue weighted by Gasteiger charge is 2.15. The molecule has 3 aromatic rings. The van der Waals surface area contributed by atoms with Crippen molar-refractivity contribution >= 4 is 17.7 Å².